The summed E-state index contributed by atoms with van der Waals surface area (Å²) in [5, 5.41) is 0. The van der Waals surface area contributed by atoms with E-state index in [1.807, 2.05) is 43.3 Å². The number of rotatable bonds is 8. The van der Waals surface area contributed by atoms with E-state index in [0.29, 0.717) is 22.7 Å². The molecule has 0 bridgehead atoms. The first-order chi connectivity index (χ1) is 13.0. The first-order valence-corrected chi connectivity index (χ1v) is 8.51. The number of primary amides is 1. The van der Waals surface area contributed by atoms with Crippen LogP contribution in [0.2, 0.25) is 0 Å². The molecule has 0 aliphatic heterocycles. The van der Waals surface area contributed by atoms with Crippen LogP contribution in [0.5, 0.6) is 11.5 Å². The first-order valence-electron chi connectivity index (χ1n) is 8.51. The molecule has 0 atom stereocenters. The van der Waals surface area contributed by atoms with E-state index in [1.54, 1.807) is 26.4 Å². The molecular formula is C21H24N2O4. The van der Waals surface area contributed by atoms with Crippen molar-refractivity contribution in [3.63, 3.8) is 0 Å². The molecule has 27 heavy (non-hydrogen) atoms. The van der Waals surface area contributed by atoms with E-state index < -0.39 is 5.91 Å². The van der Waals surface area contributed by atoms with Crippen molar-refractivity contribution in [2.45, 2.75) is 13.3 Å². The zero-order chi connectivity index (χ0) is 19.8. The average molecular weight is 368 g/mol. The monoisotopic (exact) mass is 368 g/mol. The Morgan fingerprint density at radius 2 is 1.85 bits per heavy atom. The summed E-state index contributed by atoms with van der Waals surface area (Å²) >= 11 is 0. The van der Waals surface area contributed by atoms with Gasteiger partial charge in [-0.15, -0.1) is 0 Å². The summed E-state index contributed by atoms with van der Waals surface area (Å²) in [5.74, 6) is 0.408. The molecule has 0 aromatic heterocycles. The standard InChI is InChI=1S/C21H24N2O4/c1-15-6-4-8-17(14-15)23(13-12-19(22)24)20(25)11-10-16-7-5-9-18(26-2)21(16)27-3/h4-11,14H,12-13H2,1-3H3,(H2,22,24)/b11-10-. The van der Waals surface area contributed by atoms with Gasteiger partial charge in [-0.2, -0.15) is 0 Å². The fourth-order valence-corrected chi connectivity index (χ4v) is 2.68. The van der Waals surface area contributed by atoms with Crippen LogP contribution in [0.3, 0.4) is 0 Å². The van der Waals surface area contributed by atoms with Crippen LogP contribution in [-0.4, -0.2) is 32.6 Å². The van der Waals surface area contributed by atoms with Gasteiger partial charge in [0.25, 0.3) is 5.91 Å². The highest BCUT2D eigenvalue weighted by Gasteiger charge is 2.15. The van der Waals surface area contributed by atoms with Gasteiger partial charge in [0, 0.05) is 30.3 Å². The lowest BCUT2D eigenvalue weighted by Crippen LogP contribution is -2.32. The minimum Gasteiger partial charge on any atom is -0.493 e. The highest BCUT2D eigenvalue weighted by molar-refractivity contribution is 6.04. The number of hydrogen-bond acceptors (Lipinski definition) is 4. The van der Waals surface area contributed by atoms with Gasteiger partial charge in [0.2, 0.25) is 5.91 Å². The average Bonchev–Trinajstić information content (AvgIpc) is 2.65. The summed E-state index contributed by atoms with van der Waals surface area (Å²) in [4.78, 5) is 25.5. The number of ether oxygens (including phenoxy) is 2. The Kier molecular flexibility index (Phi) is 7.00. The molecule has 142 valence electrons. The maximum atomic E-state index is 12.8. The molecule has 0 unspecified atom stereocenters. The minimum absolute atomic E-state index is 0.0794. The van der Waals surface area contributed by atoms with Crippen molar-refractivity contribution in [2.75, 3.05) is 25.7 Å². The van der Waals surface area contributed by atoms with Gasteiger partial charge < -0.3 is 20.1 Å². The molecule has 0 fully saturated rings. The molecule has 2 amide bonds. The Bertz CT molecular complexity index is 846. The number of hydrogen-bond donors (Lipinski definition) is 1. The SMILES string of the molecule is COc1cccc(/C=C\C(=O)N(CCC(N)=O)c2cccc(C)c2)c1OC. The van der Waals surface area contributed by atoms with Crippen molar-refractivity contribution >= 4 is 23.6 Å². The predicted octanol–water partition coefficient (Wildman–Crippen LogP) is 2.93. The zero-order valence-corrected chi connectivity index (χ0v) is 15.8. The lowest BCUT2D eigenvalue weighted by Gasteiger charge is -2.21. The fourth-order valence-electron chi connectivity index (χ4n) is 2.68. The lowest BCUT2D eigenvalue weighted by molar-refractivity contribution is -0.118. The van der Waals surface area contributed by atoms with Crippen LogP contribution in [0.15, 0.2) is 48.5 Å². The third-order valence-corrected chi connectivity index (χ3v) is 4.00. The quantitative estimate of drug-likeness (QED) is 0.727. The van der Waals surface area contributed by atoms with E-state index in [-0.39, 0.29) is 18.9 Å². The molecule has 0 aliphatic carbocycles. The summed E-state index contributed by atoms with van der Waals surface area (Å²) in [6.07, 6.45) is 3.19. The molecule has 6 nitrogen and oxygen atoms in total. The molecule has 0 heterocycles. The number of carbonyl (C=O) groups excluding carboxylic acids is 2. The van der Waals surface area contributed by atoms with Gasteiger partial charge in [0.15, 0.2) is 11.5 Å². The molecule has 2 rings (SSSR count). The number of nitrogens with zero attached hydrogens (tertiary/aromatic N) is 1. The summed E-state index contributed by atoms with van der Waals surface area (Å²) in [6.45, 7) is 2.15. The number of para-hydroxylation sites is 1. The number of benzene rings is 2. The highest BCUT2D eigenvalue weighted by atomic mass is 16.5. The van der Waals surface area contributed by atoms with Gasteiger partial charge in [-0.1, -0.05) is 24.3 Å². The number of methoxy groups -OCH3 is 2. The highest BCUT2D eigenvalue weighted by Crippen LogP contribution is 2.31. The van der Waals surface area contributed by atoms with E-state index in [1.165, 1.54) is 11.0 Å². The van der Waals surface area contributed by atoms with Crippen LogP contribution < -0.4 is 20.1 Å². The number of carbonyl (C=O) groups is 2. The maximum Gasteiger partial charge on any atom is 0.251 e. The van der Waals surface area contributed by atoms with E-state index in [4.69, 9.17) is 15.2 Å². The number of aryl methyl sites for hydroxylation is 1. The molecule has 2 aromatic rings. The third-order valence-electron chi connectivity index (χ3n) is 4.00. The van der Waals surface area contributed by atoms with Crippen molar-refractivity contribution in [1.29, 1.82) is 0 Å². The van der Waals surface area contributed by atoms with E-state index in [9.17, 15) is 9.59 Å². The van der Waals surface area contributed by atoms with Crippen LogP contribution in [0.1, 0.15) is 17.5 Å². The molecule has 0 spiro atoms. The Hall–Kier alpha value is -3.28. The van der Waals surface area contributed by atoms with Crippen molar-refractivity contribution < 1.29 is 19.1 Å². The van der Waals surface area contributed by atoms with Gasteiger partial charge in [-0.05, 0) is 36.8 Å². The van der Waals surface area contributed by atoms with Gasteiger partial charge in [-0.25, -0.2) is 0 Å². The fraction of sp³-hybridized carbons (Fsp3) is 0.238. The van der Waals surface area contributed by atoms with Crippen LogP contribution in [0, 0.1) is 6.92 Å². The second-order valence-electron chi connectivity index (χ2n) is 5.96. The summed E-state index contributed by atoms with van der Waals surface area (Å²) in [5.41, 5.74) is 7.70. The zero-order valence-electron chi connectivity index (χ0n) is 15.8. The smallest absolute Gasteiger partial charge is 0.251 e. The minimum atomic E-state index is -0.459. The Morgan fingerprint density at radius 1 is 1.11 bits per heavy atom. The molecule has 2 aromatic carbocycles. The molecule has 0 aliphatic rings. The third kappa shape index (κ3) is 5.34. The van der Waals surface area contributed by atoms with Crippen molar-refractivity contribution in [2.24, 2.45) is 5.73 Å². The molecule has 2 N–H and O–H groups in total. The van der Waals surface area contributed by atoms with Crippen molar-refractivity contribution in [3.8, 4) is 11.5 Å². The summed E-state index contributed by atoms with van der Waals surface area (Å²) in [7, 11) is 3.10. The van der Waals surface area contributed by atoms with E-state index in [2.05, 4.69) is 0 Å². The summed E-state index contributed by atoms with van der Waals surface area (Å²) < 4.78 is 10.7. The number of amides is 2. The molecule has 6 heteroatoms. The second kappa shape index (κ2) is 9.43. The van der Waals surface area contributed by atoms with Crippen molar-refractivity contribution in [3.05, 3.63) is 59.7 Å². The van der Waals surface area contributed by atoms with Crippen molar-refractivity contribution in [1.82, 2.24) is 0 Å². The van der Waals surface area contributed by atoms with Crippen LogP contribution in [0.25, 0.3) is 6.08 Å². The summed E-state index contributed by atoms with van der Waals surface area (Å²) in [6, 6.07) is 12.9. The Labute approximate surface area is 159 Å². The lowest BCUT2D eigenvalue weighted by atomic mass is 10.1. The largest absolute Gasteiger partial charge is 0.493 e. The Morgan fingerprint density at radius 3 is 2.48 bits per heavy atom. The van der Waals surface area contributed by atoms with E-state index >= 15 is 0 Å². The number of anilines is 1. The second-order valence-corrected chi connectivity index (χ2v) is 5.96. The van der Waals surface area contributed by atoms with E-state index in [0.717, 1.165) is 5.56 Å². The number of nitrogens with two attached hydrogens (primary N) is 1. The van der Waals surface area contributed by atoms with Gasteiger partial charge >= 0.3 is 0 Å². The normalized spacial score (nSPS) is 10.6. The van der Waals surface area contributed by atoms with Crippen LogP contribution in [0.4, 0.5) is 5.69 Å². The Balaban J connectivity index is 2.30. The van der Waals surface area contributed by atoms with Gasteiger partial charge in [0.1, 0.15) is 0 Å². The maximum absolute atomic E-state index is 12.8. The molecule has 0 radical (unpaired) electrons. The molecule has 0 saturated heterocycles. The first kappa shape index (κ1) is 20.0. The van der Waals surface area contributed by atoms with Gasteiger partial charge in [0.05, 0.1) is 14.2 Å². The molecular weight excluding hydrogens is 344 g/mol. The predicted molar refractivity (Wildman–Crippen MR) is 106 cm³/mol. The molecule has 0 saturated carbocycles. The van der Waals surface area contributed by atoms with Gasteiger partial charge in [-0.3, -0.25) is 9.59 Å². The van der Waals surface area contributed by atoms with Crippen LogP contribution in [-0.2, 0) is 9.59 Å². The van der Waals surface area contributed by atoms with Crippen LogP contribution >= 0.6 is 0 Å². The topological polar surface area (TPSA) is 81.9 Å².